The molecule has 0 radical (unpaired) electrons. The third-order valence-corrected chi connectivity index (χ3v) is 4.53. The number of benzene rings is 2. The minimum absolute atomic E-state index is 0.0871. The Kier molecular flexibility index (Phi) is 5.67. The Hall–Kier alpha value is -1.97. The number of rotatable bonds is 5. The minimum atomic E-state index is 0.0871. The van der Waals surface area contributed by atoms with Crippen LogP contribution in [0.3, 0.4) is 0 Å². The van der Waals surface area contributed by atoms with Crippen LogP contribution in [-0.4, -0.2) is 26.2 Å². The second-order valence-electron chi connectivity index (χ2n) is 4.93. The van der Waals surface area contributed by atoms with Crippen LogP contribution in [0.4, 0.5) is 0 Å². The van der Waals surface area contributed by atoms with Gasteiger partial charge in [0, 0.05) is 10.0 Å². The molecule has 0 unspecified atom stereocenters. The summed E-state index contributed by atoms with van der Waals surface area (Å²) in [4.78, 5) is 0. The minimum Gasteiger partial charge on any atom is -0.506 e. The maximum atomic E-state index is 10.1. The van der Waals surface area contributed by atoms with Gasteiger partial charge in [-0.1, -0.05) is 34.1 Å². The number of aromatic nitrogens is 3. The number of H-pyrrole nitrogens is 1. The summed E-state index contributed by atoms with van der Waals surface area (Å²) in [5, 5.41) is 21.2. The first-order valence-electron chi connectivity index (χ1n) is 7.11. The van der Waals surface area contributed by atoms with Gasteiger partial charge in [0.1, 0.15) is 18.1 Å². The Labute approximate surface area is 165 Å². The second-order valence-corrected chi connectivity index (χ2v) is 7.09. The van der Waals surface area contributed by atoms with Crippen molar-refractivity contribution in [3.05, 3.63) is 67.6 Å². The number of aromatic amines is 1. The first-order chi connectivity index (χ1) is 12.0. The van der Waals surface area contributed by atoms with Gasteiger partial charge in [0.05, 0.1) is 10.7 Å². The number of phenolic OH excluding ortho intramolecular Hbond substituents is 1. The summed E-state index contributed by atoms with van der Waals surface area (Å²) in [5.41, 5.74) is 0.527. The van der Waals surface area contributed by atoms with E-state index in [9.17, 15) is 5.11 Å². The summed E-state index contributed by atoms with van der Waals surface area (Å²) in [6.45, 7) is 0.197. The van der Waals surface area contributed by atoms with Crippen LogP contribution in [0.25, 0.3) is 0 Å². The number of phenols is 1. The molecule has 0 saturated carbocycles. The van der Waals surface area contributed by atoms with E-state index in [4.69, 9.17) is 17.0 Å². The summed E-state index contributed by atoms with van der Waals surface area (Å²) in [6.07, 6.45) is 1.50. The lowest BCUT2D eigenvalue weighted by molar-refractivity contribution is 0.290. The van der Waals surface area contributed by atoms with Crippen molar-refractivity contribution < 1.29 is 9.84 Å². The topological polar surface area (TPSA) is 75.4 Å². The summed E-state index contributed by atoms with van der Waals surface area (Å²) in [7, 11) is 0. The van der Waals surface area contributed by atoms with Crippen molar-refractivity contribution in [3.8, 4) is 11.5 Å². The zero-order valence-electron chi connectivity index (χ0n) is 12.7. The highest BCUT2D eigenvalue weighted by atomic mass is 79.9. The Bertz CT molecular complexity index is 970. The number of ether oxygens (including phenoxy) is 1. The highest BCUT2D eigenvalue weighted by Gasteiger charge is 2.08. The fourth-order valence-corrected chi connectivity index (χ4v) is 3.46. The van der Waals surface area contributed by atoms with Gasteiger partial charge in [0.15, 0.2) is 5.82 Å². The Balaban J connectivity index is 1.84. The van der Waals surface area contributed by atoms with Crippen molar-refractivity contribution in [2.75, 3.05) is 0 Å². The van der Waals surface area contributed by atoms with E-state index in [-0.39, 0.29) is 12.4 Å². The van der Waals surface area contributed by atoms with Crippen molar-refractivity contribution >= 4 is 50.3 Å². The number of aromatic hydroxyl groups is 1. The number of nitrogens with one attached hydrogen (secondary N) is 1. The molecule has 6 nitrogen and oxygen atoms in total. The maximum absolute atomic E-state index is 10.1. The third-order valence-electron chi connectivity index (χ3n) is 3.20. The molecular formula is C16H12Br2N4O2S. The van der Waals surface area contributed by atoms with Crippen LogP contribution in [0.2, 0.25) is 0 Å². The SMILES string of the molecule is Oc1c(Br)cc(Br)cc1/C=N/n1c(COc2ccccc2)n[nH]c1=S. The van der Waals surface area contributed by atoms with Crippen LogP contribution in [0.5, 0.6) is 11.5 Å². The zero-order chi connectivity index (χ0) is 17.8. The molecule has 1 heterocycles. The van der Waals surface area contributed by atoms with E-state index in [0.717, 1.165) is 10.2 Å². The summed E-state index contributed by atoms with van der Waals surface area (Å²) in [5.74, 6) is 1.32. The van der Waals surface area contributed by atoms with E-state index in [2.05, 4.69) is 47.2 Å². The lowest BCUT2D eigenvalue weighted by atomic mass is 10.2. The molecule has 3 rings (SSSR count). The van der Waals surface area contributed by atoms with Crippen molar-refractivity contribution in [1.82, 2.24) is 14.9 Å². The third kappa shape index (κ3) is 4.36. The van der Waals surface area contributed by atoms with E-state index in [1.54, 1.807) is 12.1 Å². The van der Waals surface area contributed by atoms with Crippen LogP contribution in [-0.2, 0) is 6.61 Å². The number of para-hydroxylation sites is 1. The van der Waals surface area contributed by atoms with Crippen molar-refractivity contribution in [2.45, 2.75) is 6.61 Å². The molecule has 128 valence electrons. The van der Waals surface area contributed by atoms with Gasteiger partial charge >= 0.3 is 0 Å². The summed E-state index contributed by atoms with van der Waals surface area (Å²) in [6, 6.07) is 12.9. The average Bonchev–Trinajstić information content (AvgIpc) is 2.96. The number of nitrogens with zero attached hydrogens (tertiary/aromatic N) is 3. The van der Waals surface area contributed by atoms with Crippen molar-refractivity contribution in [3.63, 3.8) is 0 Å². The molecule has 0 aliphatic carbocycles. The van der Waals surface area contributed by atoms with Gasteiger partial charge in [-0.2, -0.15) is 14.9 Å². The molecule has 0 spiro atoms. The highest BCUT2D eigenvalue weighted by molar-refractivity contribution is 9.11. The zero-order valence-corrected chi connectivity index (χ0v) is 16.7. The maximum Gasteiger partial charge on any atom is 0.216 e. The molecule has 0 atom stereocenters. The van der Waals surface area contributed by atoms with Crippen LogP contribution in [0, 0.1) is 4.77 Å². The molecular weight excluding hydrogens is 472 g/mol. The lowest BCUT2D eigenvalue weighted by Crippen LogP contribution is -2.04. The predicted octanol–water partition coefficient (Wildman–Crippen LogP) is 4.63. The molecule has 9 heteroatoms. The smallest absolute Gasteiger partial charge is 0.216 e. The molecule has 0 aliphatic rings. The monoisotopic (exact) mass is 482 g/mol. The van der Waals surface area contributed by atoms with Gasteiger partial charge in [0.25, 0.3) is 0 Å². The van der Waals surface area contributed by atoms with Gasteiger partial charge in [0.2, 0.25) is 4.77 Å². The predicted molar refractivity (Wildman–Crippen MR) is 105 cm³/mol. The molecule has 2 N–H and O–H groups in total. The number of halogens is 2. The van der Waals surface area contributed by atoms with E-state index in [1.807, 2.05) is 30.3 Å². The first kappa shape index (κ1) is 17.8. The van der Waals surface area contributed by atoms with E-state index in [0.29, 0.717) is 20.6 Å². The van der Waals surface area contributed by atoms with E-state index < -0.39 is 0 Å². The molecule has 1 aromatic heterocycles. The number of hydrogen-bond donors (Lipinski definition) is 2. The molecule has 0 saturated heterocycles. The average molecular weight is 484 g/mol. The molecule has 0 bridgehead atoms. The van der Waals surface area contributed by atoms with Gasteiger partial charge in [-0.3, -0.25) is 0 Å². The Morgan fingerprint density at radius 2 is 2.04 bits per heavy atom. The standard InChI is InChI=1S/C16H12Br2N4O2S/c17-11-6-10(15(23)13(18)7-11)8-19-22-14(20-21-16(22)25)9-24-12-4-2-1-3-5-12/h1-8,23H,9H2,(H,21,25)/b19-8+. The fraction of sp³-hybridized carbons (Fsp3) is 0.0625. The van der Waals surface area contributed by atoms with E-state index in [1.165, 1.54) is 10.9 Å². The largest absolute Gasteiger partial charge is 0.506 e. The second kappa shape index (κ2) is 7.94. The van der Waals surface area contributed by atoms with Crippen molar-refractivity contribution in [2.24, 2.45) is 5.10 Å². The van der Waals surface area contributed by atoms with Crippen molar-refractivity contribution in [1.29, 1.82) is 0 Å². The van der Waals surface area contributed by atoms with Gasteiger partial charge in [-0.15, -0.1) is 0 Å². The summed E-state index contributed by atoms with van der Waals surface area (Å²) >= 11 is 11.9. The van der Waals surface area contributed by atoms with Crippen LogP contribution < -0.4 is 4.74 Å². The van der Waals surface area contributed by atoms with Crippen LogP contribution in [0.1, 0.15) is 11.4 Å². The quantitative estimate of drug-likeness (QED) is 0.409. The molecule has 0 fully saturated rings. The Morgan fingerprint density at radius 3 is 2.80 bits per heavy atom. The molecule has 0 amide bonds. The molecule has 0 aliphatic heterocycles. The normalized spacial score (nSPS) is 11.1. The first-order valence-corrected chi connectivity index (χ1v) is 9.10. The summed E-state index contributed by atoms with van der Waals surface area (Å²) < 4.78 is 8.82. The highest BCUT2D eigenvalue weighted by Crippen LogP contribution is 2.30. The van der Waals surface area contributed by atoms with Crippen LogP contribution in [0.15, 0.2) is 56.5 Å². The molecule has 2 aromatic carbocycles. The fourth-order valence-electron chi connectivity index (χ4n) is 2.01. The van der Waals surface area contributed by atoms with Crippen LogP contribution >= 0.6 is 44.1 Å². The molecule has 25 heavy (non-hydrogen) atoms. The van der Waals surface area contributed by atoms with Gasteiger partial charge in [-0.05, 0) is 52.4 Å². The Morgan fingerprint density at radius 1 is 1.28 bits per heavy atom. The van der Waals surface area contributed by atoms with Gasteiger partial charge in [-0.25, -0.2) is 5.10 Å². The lowest BCUT2D eigenvalue weighted by Gasteiger charge is -2.05. The molecule has 3 aromatic rings. The van der Waals surface area contributed by atoms with E-state index >= 15 is 0 Å². The number of hydrogen-bond acceptors (Lipinski definition) is 5. The van der Waals surface area contributed by atoms with Gasteiger partial charge < -0.3 is 9.84 Å².